The predicted molar refractivity (Wildman–Crippen MR) is 126 cm³/mol. The number of nitrogens with zero attached hydrogens (tertiary/aromatic N) is 1. The van der Waals surface area contributed by atoms with Crippen molar-refractivity contribution in [3.05, 3.63) is 63.4 Å². The molecule has 1 aromatic heterocycles. The van der Waals surface area contributed by atoms with Crippen molar-refractivity contribution in [2.24, 2.45) is 0 Å². The Morgan fingerprint density at radius 1 is 1.25 bits per heavy atom. The van der Waals surface area contributed by atoms with E-state index in [9.17, 15) is 29.2 Å². The molecule has 1 aliphatic rings. The lowest BCUT2D eigenvalue weighted by atomic mass is 9.96. The maximum atomic E-state index is 13.6. The Kier molecular flexibility index (Phi) is 8.55. The number of aliphatic hydroxyl groups is 2. The molecule has 2 aromatic rings. The minimum Gasteiger partial charge on any atom is -0.462 e. The molecule has 6 atom stereocenters. The molecule has 13 nitrogen and oxygen atoms in total. The Labute approximate surface area is 206 Å². The molecular weight excluding hydrogens is 497 g/mol. The highest BCUT2D eigenvalue weighted by atomic mass is 31.2. The number of carbonyl (C=O) groups is 1. The van der Waals surface area contributed by atoms with Gasteiger partial charge in [-0.25, -0.2) is 9.36 Å². The first-order valence-electron chi connectivity index (χ1n) is 11.2. The molecule has 0 spiro atoms. The van der Waals surface area contributed by atoms with Crippen LogP contribution in [-0.2, 0) is 23.4 Å². The van der Waals surface area contributed by atoms with Crippen LogP contribution < -0.4 is 20.9 Å². The molecule has 36 heavy (non-hydrogen) atoms. The lowest BCUT2D eigenvalue weighted by Gasteiger charge is -2.27. The number of aromatic nitrogens is 2. The van der Waals surface area contributed by atoms with Gasteiger partial charge in [-0.05, 0) is 39.8 Å². The highest BCUT2D eigenvalue weighted by molar-refractivity contribution is 7.52. The number of aliphatic hydroxyl groups excluding tert-OH is 1. The van der Waals surface area contributed by atoms with Crippen molar-refractivity contribution >= 4 is 13.7 Å². The van der Waals surface area contributed by atoms with E-state index in [1.165, 1.54) is 26.0 Å². The van der Waals surface area contributed by atoms with Crippen LogP contribution in [0.5, 0.6) is 5.75 Å². The van der Waals surface area contributed by atoms with Crippen molar-refractivity contribution in [3.8, 4) is 5.75 Å². The summed E-state index contributed by atoms with van der Waals surface area (Å²) >= 11 is 0. The first kappa shape index (κ1) is 27.8. The third kappa shape index (κ3) is 6.49. The van der Waals surface area contributed by atoms with E-state index in [0.29, 0.717) is 0 Å². The van der Waals surface area contributed by atoms with Crippen molar-refractivity contribution in [1.82, 2.24) is 14.6 Å². The number of carbonyl (C=O) groups excluding carboxylic acids is 1. The van der Waals surface area contributed by atoms with Gasteiger partial charge in [0.15, 0.2) is 6.23 Å². The van der Waals surface area contributed by atoms with E-state index in [1.807, 2.05) is 4.98 Å². The normalized spacial score (nSPS) is 26.4. The smallest absolute Gasteiger partial charge is 0.459 e. The minimum absolute atomic E-state index is 0.176. The van der Waals surface area contributed by atoms with Crippen LogP contribution in [0, 0.1) is 0 Å². The van der Waals surface area contributed by atoms with Gasteiger partial charge < -0.3 is 24.2 Å². The number of benzene rings is 1. The van der Waals surface area contributed by atoms with Gasteiger partial charge in [0.05, 0.1) is 12.7 Å². The Bertz CT molecular complexity index is 1210. The topological polar surface area (TPSA) is 178 Å². The second-order valence-electron chi connectivity index (χ2n) is 8.75. The summed E-state index contributed by atoms with van der Waals surface area (Å²) in [4.78, 5) is 37.9. The molecule has 1 fully saturated rings. The van der Waals surface area contributed by atoms with Crippen LogP contribution in [0.1, 0.15) is 33.9 Å². The number of nitrogens with one attached hydrogen (secondary N) is 2. The number of rotatable bonds is 10. The van der Waals surface area contributed by atoms with E-state index in [1.54, 1.807) is 32.0 Å². The second-order valence-corrected chi connectivity index (χ2v) is 10.4. The molecule has 3 rings (SSSR count). The van der Waals surface area contributed by atoms with E-state index in [-0.39, 0.29) is 5.75 Å². The lowest BCUT2D eigenvalue weighted by molar-refractivity contribution is -0.149. The molecular formula is C22H30N3O10P. The van der Waals surface area contributed by atoms with Crippen molar-refractivity contribution in [1.29, 1.82) is 0 Å². The van der Waals surface area contributed by atoms with Crippen LogP contribution in [0.3, 0.4) is 0 Å². The van der Waals surface area contributed by atoms with Crippen LogP contribution in [-0.4, -0.2) is 62.3 Å². The fourth-order valence-electron chi connectivity index (χ4n) is 3.50. The number of ether oxygens (including phenoxy) is 2. The summed E-state index contributed by atoms with van der Waals surface area (Å²) in [7, 11) is -4.26. The highest BCUT2D eigenvalue weighted by Gasteiger charge is 2.54. The Balaban J connectivity index is 1.80. The molecule has 14 heteroatoms. The predicted octanol–water partition coefficient (Wildman–Crippen LogP) is 0.679. The fourth-order valence-corrected chi connectivity index (χ4v) is 5.00. The van der Waals surface area contributed by atoms with Gasteiger partial charge >= 0.3 is 19.4 Å². The zero-order chi connectivity index (χ0) is 26.7. The lowest BCUT2D eigenvalue weighted by Crippen LogP contribution is -2.47. The zero-order valence-corrected chi connectivity index (χ0v) is 21.1. The summed E-state index contributed by atoms with van der Waals surface area (Å²) in [5, 5.41) is 24.0. The third-order valence-electron chi connectivity index (χ3n) is 5.29. The van der Waals surface area contributed by atoms with E-state index < -0.39 is 67.8 Å². The summed E-state index contributed by atoms with van der Waals surface area (Å²) in [6.07, 6.45) is -3.54. The number of hydrogen-bond acceptors (Lipinski definition) is 10. The van der Waals surface area contributed by atoms with Gasteiger partial charge in [-0.2, -0.15) is 5.09 Å². The third-order valence-corrected chi connectivity index (χ3v) is 6.94. The standard InChI is InChI=1S/C22H30N3O10P/c1-13(2)33-19(28)14(3)24-36(31,35-15-8-6-5-7-9-15)32-12-16-18(27)22(4,30)20(34-16)25-11-10-17(26)23-21(25)29/h5-11,13-14,16,18,20,27,30H,12H2,1-4H3,(H,24,31)(H,23,26,29)/t14-,16?,18+,20?,22-,36?/m0/s1. The molecule has 0 amide bonds. The van der Waals surface area contributed by atoms with E-state index in [2.05, 4.69) is 5.09 Å². The van der Waals surface area contributed by atoms with E-state index >= 15 is 0 Å². The maximum Gasteiger partial charge on any atom is 0.459 e. The molecule has 3 unspecified atom stereocenters. The van der Waals surface area contributed by atoms with Gasteiger partial charge in [-0.3, -0.25) is 23.7 Å². The molecule has 1 aliphatic heterocycles. The van der Waals surface area contributed by atoms with Crippen molar-refractivity contribution in [2.75, 3.05) is 6.61 Å². The molecule has 1 saturated heterocycles. The maximum absolute atomic E-state index is 13.6. The first-order chi connectivity index (χ1) is 16.8. The minimum atomic E-state index is -4.26. The quantitative estimate of drug-likeness (QED) is 0.252. The van der Waals surface area contributed by atoms with Crippen molar-refractivity contribution in [3.63, 3.8) is 0 Å². The molecule has 0 aliphatic carbocycles. The Morgan fingerprint density at radius 3 is 2.53 bits per heavy atom. The summed E-state index contributed by atoms with van der Waals surface area (Å²) in [6.45, 7) is 5.42. The number of esters is 1. The number of aromatic amines is 1. The summed E-state index contributed by atoms with van der Waals surface area (Å²) in [6, 6.07) is 8.02. The number of hydrogen-bond donors (Lipinski definition) is 4. The van der Waals surface area contributed by atoms with Crippen molar-refractivity contribution < 1.29 is 38.1 Å². The van der Waals surface area contributed by atoms with Crippen LogP contribution in [0.25, 0.3) is 0 Å². The molecule has 1 aromatic carbocycles. The number of H-pyrrole nitrogens is 1. The summed E-state index contributed by atoms with van der Waals surface area (Å²) in [5.41, 5.74) is -3.49. The summed E-state index contributed by atoms with van der Waals surface area (Å²) in [5.74, 6) is -0.515. The Morgan fingerprint density at radius 2 is 1.92 bits per heavy atom. The van der Waals surface area contributed by atoms with E-state index in [4.69, 9.17) is 18.5 Å². The average Bonchev–Trinajstić information content (AvgIpc) is 3.01. The van der Waals surface area contributed by atoms with Gasteiger partial charge in [-0.15, -0.1) is 0 Å². The largest absolute Gasteiger partial charge is 0.462 e. The SMILES string of the molecule is CC(C)OC(=O)[C@H](C)NP(=O)(OCC1OC(n2ccc(=O)[nH]c2=O)[C@@](C)(O)[C@@H]1O)Oc1ccccc1. The second kappa shape index (κ2) is 11.1. The Hall–Kier alpha value is -2.80. The molecule has 198 valence electrons. The van der Waals surface area contributed by atoms with Crippen molar-refractivity contribution in [2.45, 2.75) is 63.9 Å². The van der Waals surface area contributed by atoms with Crippen LogP contribution >= 0.6 is 7.75 Å². The average molecular weight is 527 g/mol. The van der Waals surface area contributed by atoms with Crippen LogP contribution in [0.15, 0.2) is 52.2 Å². The fraction of sp³-hybridized carbons (Fsp3) is 0.500. The van der Waals surface area contributed by atoms with Gasteiger partial charge in [0.1, 0.15) is 29.6 Å². The summed E-state index contributed by atoms with van der Waals surface area (Å²) < 4.78 is 36.3. The van der Waals surface area contributed by atoms with Crippen LogP contribution in [0.2, 0.25) is 0 Å². The highest BCUT2D eigenvalue weighted by Crippen LogP contribution is 2.46. The number of para-hydroxylation sites is 1. The van der Waals surface area contributed by atoms with Gasteiger partial charge in [-0.1, -0.05) is 18.2 Å². The molecule has 4 N–H and O–H groups in total. The van der Waals surface area contributed by atoms with Gasteiger partial charge in [0, 0.05) is 12.3 Å². The molecule has 0 radical (unpaired) electrons. The molecule has 0 bridgehead atoms. The first-order valence-corrected chi connectivity index (χ1v) is 12.7. The van der Waals surface area contributed by atoms with Crippen LogP contribution in [0.4, 0.5) is 0 Å². The van der Waals surface area contributed by atoms with Gasteiger partial charge in [0.25, 0.3) is 5.56 Å². The molecule has 0 saturated carbocycles. The van der Waals surface area contributed by atoms with E-state index in [0.717, 1.165) is 16.8 Å². The monoisotopic (exact) mass is 527 g/mol. The molecule has 2 heterocycles. The van der Waals surface area contributed by atoms with Gasteiger partial charge in [0.2, 0.25) is 0 Å². The zero-order valence-electron chi connectivity index (χ0n) is 20.2.